The van der Waals surface area contributed by atoms with Crippen molar-refractivity contribution in [1.29, 1.82) is 0 Å². The van der Waals surface area contributed by atoms with E-state index in [2.05, 4.69) is 24.9 Å². The molecule has 2 aromatic carbocycles. The van der Waals surface area contributed by atoms with E-state index in [-0.39, 0.29) is 5.91 Å². The predicted octanol–water partition coefficient (Wildman–Crippen LogP) is 4.23. The van der Waals surface area contributed by atoms with E-state index >= 15 is 0 Å². The van der Waals surface area contributed by atoms with Crippen LogP contribution in [0.2, 0.25) is 0 Å². The third-order valence-electron chi connectivity index (χ3n) is 3.23. The standard InChI is InChI=1S/C18H19NO/c1-3-8-16-13-14(4-2)11-12-17(16)19-18(20)15-9-6-5-7-10-15/h3,5-7,9-13H,1,4,8H2,2H3,(H,19,20). The molecule has 2 nitrogen and oxygen atoms in total. The molecular weight excluding hydrogens is 246 g/mol. The number of hydrogen-bond donors (Lipinski definition) is 1. The minimum atomic E-state index is -0.0832. The van der Waals surface area contributed by atoms with Crippen LogP contribution >= 0.6 is 0 Å². The summed E-state index contributed by atoms with van der Waals surface area (Å²) in [4.78, 5) is 12.2. The van der Waals surface area contributed by atoms with Crippen molar-refractivity contribution >= 4 is 11.6 Å². The zero-order valence-corrected chi connectivity index (χ0v) is 11.7. The van der Waals surface area contributed by atoms with E-state index in [1.165, 1.54) is 5.56 Å². The number of benzene rings is 2. The summed E-state index contributed by atoms with van der Waals surface area (Å²) in [7, 11) is 0. The second-order valence-electron chi connectivity index (χ2n) is 4.66. The lowest BCUT2D eigenvalue weighted by Crippen LogP contribution is -2.13. The zero-order chi connectivity index (χ0) is 14.4. The van der Waals surface area contributed by atoms with Crippen LogP contribution in [0.1, 0.15) is 28.4 Å². The van der Waals surface area contributed by atoms with Gasteiger partial charge in [0, 0.05) is 11.3 Å². The van der Waals surface area contributed by atoms with Gasteiger partial charge in [0.2, 0.25) is 0 Å². The van der Waals surface area contributed by atoms with Crippen molar-refractivity contribution in [2.24, 2.45) is 0 Å². The molecule has 0 aliphatic carbocycles. The molecule has 0 aliphatic heterocycles. The maximum absolute atomic E-state index is 12.2. The summed E-state index contributed by atoms with van der Waals surface area (Å²) in [6.45, 7) is 5.90. The fourth-order valence-electron chi connectivity index (χ4n) is 2.10. The Hall–Kier alpha value is -2.35. The molecule has 20 heavy (non-hydrogen) atoms. The second-order valence-corrected chi connectivity index (χ2v) is 4.66. The fourth-order valence-corrected chi connectivity index (χ4v) is 2.10. The average Bonchev–Trinajstić information content (AvgIpc) is 2.50. The number of rotatable bonds is 5. The molecule has 0 heterocycles. The highest BCUT2D eigenvalue weighted by molar-refractivity contribution is 6.04. The van der Waals surface area contributed by atoms with Crippen LogP contribution in [0.3, 0.4) is 0 Å². The first-order chi connectivity index (χ1) is 9.74. The van der Waals surface area contributed by atoms with Crippen LogP contribution in [0.25, 0.3) is 0 Å². The van der Waals surface area contributed by atoms with Gasteiger partial charge in [-0.2, -0.15) is 0 Å². The third kappa shape index (κ3) is 3.35. The Morgan fingerprint density at radius 2 is 1.95 bits per heavy atom. The Balaban J connectivity index is 2.24. The molecular formula is C18H19NO. The smallest absolute Gasteiger partial charge is 0.255 e. The van der Waals surface area contributed by atoms with Gasteiger partial charge in [-0.05, 0) is 42.2 Å². The summed E-state index contributed by atoms with van der Waals surface area (Å²) in [5, 5.41) is 2.98. The highest BCUT2D eigenvalue weighted by atomic mass is 16.1. The number of carbonyl (C=O) groups is 1. The van der Waals surface area contributed by atoms with Gasteiger partial charge in [-0.3, -0.25) is 4.79 Å². The van der Waals surface area contributed by atoms with Crippen LogP contribution < -0.4 is 5.32 Å². The molecule has 0 spiro atoms. The van der Waals surface area contributed by atoms with Gasteiger partial charge < -0.3 is 5.32 Å². The molecule has 0 fully saturated rings. The van der Waals surface area contributed by atoms with Gasteiger partial charge in [0.15, 0.2) is 0 Å². The van der Waals surface area contributed by atoms with E-state index in [0.717, 1.165) is 24.1 Å². The fraction of sp³-hybridized carbons (Fsp3) is 0.167. The van der Waals surface area contributed by atoms with Gasteiger partial charge in [-0.1, -0.05) is 43.3 Å². The molecule has 0 unspecified atom stereocenters. The summed E-state index contributed by atoms with van der Waals surface area (Å²) in [5.41, 5.74) is 3.88. The van der Waals surface area contributed by atoms with Crippen LogP contribution in [0, 0.1) is 0 Å². The van der Waals surface area contributed by atoms with Gasteiger partial charge >= 0.3 is 0 Å². The molecule has 1 N–H and O–H groups in total. The Morgan fingerprint density at radius 3 is 2.60 bits per heavy atom. The molecule has 2 aromatic rings. The molecule has 1 amide bonds. The highest BCUT2D eigenvalue weighted by Gasteiger charge is 2.08. The summed E-state index contributed by atoms with van der Waals surface area (Å²) in [6.07, 6.45) is 3.59. The van der Waals surface area contributed by atoms with E-state index < -0.39 is 0 Å². The first-order valence-electron chi connectivity index (χ1n) is 6.83. The molecule has 0 aliphatic rings. The third-order valence-corrected chi connectivity index (χ3v) is 3.23. The molecule has 102 valence electrons. The zero-order valence-electron chi connectivity index (χ0n) is 11.7. The van der Waals surface area contributed by atoms with Gasteiger partial charge in [-0.15, -0.1) is 6.58 Å². The van der Waals surface area contributed by atoms with Gasteiger partial charge in [0.1, 0.15) is 0 Å². The molecule has 0 saturated carbocycles. The Kier molecular flexibility index (Phi) is 4.72. The minimum absolute atomic E-state index is 0.0832. The normalized spacial score (nSPS) is 10.1. The van der Waals surface area contributed by atoms with Crippen molar-refractivity contribution in [3.63, 3.8) is 0 Å². The van der Waals surface area contributed by atoms with Crippen molar-refractivity contribution in [2.45, 2.75) is 19.8 Å². The molecule has 2 rings (SSSR count). The lowest BCUT2D eigenvalue weighted by molar-refractivity contribution is 0.102. The molecule has 2 heteroatoms. The van der Waals surface area contributed by atoms with E-state index in [0.29, 0.717) is 5.56 Å². The number of hydrogen-bond acceptors (Lipinski definition) is 1. The van der Waals surface area contributed by atoms with Gasteiger partial charge in [0.05, 0.1) is 0 Å². The average molecular weight is 265 g/mol. The van der Waals surface area contributed by atoms with Crippen LogP contribution in [-0.4, -0.2) is 5.91 Å². The Labute approximate surface area is 120 Å². The van der Waals surface area contributed by atoms with Gasteiger partial charge in [-0.25, -0.2) is 0 Å². The number of amides is 1. The molecule has 0 aromatic heterocycles. The highest BCUT2D eigenvalue weighted by Crippen LogP contribution is 2.20. The first-order valence-corrected chi connectivity index (χ1v) is 6.83. The number of allylic oxidation sites excluding steroid dienone is 1. The summed E-state index contributed by atoms with van der Waals surface area (Å²) in [5.74, 6) is -0.0832. The van der Waals surface area contributed by atoms with E-state index in [1.807, 2.05) is 48.5 Å². The van der Waals surface area contributed by atoms with Crippen molar-refractivity contribution in [3.8, 4) is 0 Å². The van der Waals surface area contributed by atoms with Crippen LogP contribution in [0.4, 0.5) is 5.69 Å². The van der Waals surface area contributed by atoms with E-state index in [4.69, 9.17) is 0 Å². The van der Waals surface area contributed by atoms with Crippen molar-refractivity contribution in [2.75, 3.05) is 5.32 Å². The van der Waals surface area contributed by atoms with Gasteiger partial charge in [0.25, 0.3) is 5.91 Å². The lowest BCUT2D eigenvalue weighted by atomic mass is 10.0. The SMILES string of the molecule is C=CCc1cc(CC)ccc1NC(=O)c1ccccc1. The largest absolute Gasteiger partial charge is 0.322 e. The van der Waals surface area contributed by atoms with Crippen LogP contribution in [-0.2, 0) is 12.8 Å². The lowest BCUT2D eigenvalue weighted by Gasteiger charge is -2.11. The number of carbonyl (C=O) groups excluding carboxylic acids is 1. The molecule has 0 saturated heterocycles. The molecule has 0 atom stereocenters. The number of aryl methyl sites for hydroxylation is 1. The van der Waals surface area contributed by atoms with E-state index in [9.17, 15) is 4.79 Å². The number of nitrogens with one attached hydrogen (secondary N) is 1. The maximum atomic E-state index is 12.2. The summed E-state index contributed by atoms with van der Waals surface area (Å²) < 4.78 is 0. The van der Waals surface area contributed by atoms with Crippen molar-refractivity contribution in [1.82, 2.24) is 0 Å². The molecule has 0 radical (unpaired) electrons. The monoisotopic (exact) mass is 265 g/mol. The quantitative estimate of drug-likeness (QED) is 0.805. The van der Waals surface area contributed by atoms with E-state index in [1.54, 1.807) is 0 Å². The topological polar surface area (TPSA) is 29.1 Å². The Morgan fingerprint density at radius 1 is 1.20 bits per heavy atom. The van der Waals surface area contributed by atoms with Crippen LogP contribution in [0.15, 0.2) is 61.2 Å². The first kappa shape index (κ1) is 14.1. The van der Waals surface area contributed by atoms with Crippen molar-refractivity contribution < 1.29 is 4.79 Å². The number of anilines is 1. The maximum Gasteiger partial charge on any atom is 0.255 e. The summed E-state index contributed by atoms with van der Waals surface area (Å²) >= 11 is 0. The molecule has 0 bridgehead atoms. The van der Waals surface area contributed by atoms with Crippen LogP contribution in [0.5, 0.6) is 0 Å². The minimum Gasteiger partial charge on any atom is -0.322 e. The Bertz CT molecular complexity index is 602. The summed E-state index contributed by atoms with van der Waals surface area (Å²) in [6, 6.07) is 15.4. The second kappa shape index (κ2) is 6.71. The van der Waals surface area contributed by atoms with Crippen molar-refractivity contribution in [3.05, 3.63) is 77.9 Å². The predicted molar refractivity (Wildman–Crippen MR) is 84.1 cm³/mol.